The van der Waals surface area contributed by atoms with Gasteiger partial charge in [-0.1, -0.05) is 52.9 Å². The molecule has 0 bridgehead atoms. The highest BCUT2D eigenvalue weighted by Crippen LogP contribution is 2.12. The quantitative estimate of drug-likeness (QED) is 0.514. The summed E-state index contributed by atoms with van der Waals surface area (Å²) in [6, 6.07) is 9.95. The SMILES string of the molecule is O=C(S)C(I)Cc1ccccc1. The van der Waals surface area contributed by atoms with Crippen molar-refractivity contribution in [2.24, 2.45) is 0 Å². The summed E-state index contributed by atoms with van der Waals surface area (Å²) in [6.45, 7) is 0. The molecule has 0 aromatic heterocycles. The Balaban J connectivity index is 2.58. The predicted octanol–water partition coefficient (Wildman–Crippen LogP) is 2.49. The molecule has 0 saturated heterocycles. The Morgan fingerprint density at radius 2 is 2.00 bits per heavy atom. The van der Waals surface area contributed by atoms with E-state index in [9.17, 15) is 4.79 Å². The van der Waals surface area contributed by atoms with Crippen LogP contribution in [0.1, 0.15) is 5.56 Å². The van der Waals surface area contributed by atoms with Gasteiger partial charge in [0.2, 0.25) is 0 Å². The van der Waals surface area contributed by atoms with E-state index in [2.05, 4.69) is 35.2 Å². The van der Waals surface area contributed by atoms with Crippen molar-refractivity contribution in [2.45, 2.75) is 10.3 Å². The first-order chi connectivity index (χ1) is 5.70. The highest BCUT2D eigenvalue weighted by atomic mass is 127. The number of alkyl halides is 1. The number of rotatable bonds is 3. The van der Waals surface area contributed by atoms with E-state index in [0.717, 1.165) is 6.42 Å². The van der Waals surface area contributed by atoms with Crippen LogP contribution >= 0.6 is 35.2 Å². The second-order valence-corrected chi connectivity index (χ2v) is 4.44. The Labute approximate surface area is 91.1 Å². The zero-order valence-electron chi connectivity index (χ0n) is 6.40. The average molecular weight is 292 g/mol. The molecule has 0 N–H and O–H groups in total. The summed E-state index contributed by atoms with van der Waals surface area (Å²) in [6.07, 6.45) is 0.768. The molecule has 0 saturated carbocycles. The Kier molecular flexibility index (Phi) is 4.08. The molecule has 0 radical (unpaired) electrons. The van der Waals surface area contributed by atoms with Gasteiger partial charge in [-0.05, 0) is 12.0 Å². The van der Waals surface area contributed by atoms with E-state index in [1.807, 2.05) is 30.3 Å². The van der Waals surface area contributed by atoms with Gasteiger partial charge in [-0.2, -0.15) is 0 Å². The minimum atomic E-state index is -0.0561. The van der Waals surface area contributed by atoms with Gasteiger partial charge in [-0.25, -0.2) is 0 Å². The first-order valence-electron chi connectivity index (χ1n) is 3.61. The summed E-state index contributed by atoms with van der Waals surface area (Å²) in [4.78, 5) is 10.8. The van der Waals surface area contributed by atoms with Crippen molar-refractivity contribution in [1.29, 1.82) is 0 Å². The number of carbonyl (C=O) groups excluding carboxylic acids is 1. The lowest BCUT2D eigenvalue weighted by molar-refractivity contribution is -0.110. The van der Waals surface area contributed by atoms with Gasteiger partial charge in [0, 0.05) is 0 Å². The first-order valence-corrected chi connectivity index (χ1v) is 5.30. The molecule has 64 valence electrons. The smallest absolute Gasteiger partial charge is 0.199 e. The Bertz CT molecular complexity index is 260. The fourth-order valence-electron chi connectivity index (χ4n) is 0.908. The van der Waals surface area contributed by atoms with Gasteiger partial charge < -0.3 is 0 Å². The zero-order valence-corrected chi connectivity index (χ0v) is 9.46. The molecule has 0 spiro atoms. The predicted molar refractivity (Wildman–Crippen MR) is 61.9 cm³/mol. The topological polar surface area (TPSA) is 17.1 Å². The molecule has 0 aliphatic rings. The molecule has 12 heavy (non-hydrogen) atoms. The molecule has 0 aliphatic heterocycles. The molecule has 1 unspecified atom stereocenters. The van der Waals surface area contributed by atoms with E-state index in [1.165, 1.54) is 5.56 Å². The second-order valence-electron chi connectivity index (χ2n) is 2.50. The minimum absolute atomic E-state index is 0.0201. The maximum atomic E-state index is 10.8. The summed E-state index contributed by atoms with van der Waals surface area (Å²) >= 11 is 5.89. The van der Waals surface area contributed by atoms with Crippen LogP contribution in [0.3, 0.4) is 0 Å². The standard InChI is InChI=1S/C9H9IOS/c10-8(9(11)12)6-7-4-2-1-3-5-7/h1-5,8H,6H2,(H,11,12). The number of carbonyl (C=O) groups is 1. The highest BCUT2D eigenvalue weighted by Gasteiger charge is 2.10. The third-order valence-corrected chi connectivity index (χ3v) is 3.34. The fourth-order valence-corrected chi connectivity index (χ4v) is 1.51. The van der Waals surface area contributed by atoms with Crippen LogP contribution in [0.15, 0.2) is 30.3 Å². The normalized spacial score (nSPS) is 12.5. The molecular weight excluding hydrogens is 283 g/mol. The summed E-state index contributed by atoms with van der Waals surface area (Å²) in [5.41, 5.74) is 1.18. The summed E-state index contributed by atoms with van der Waals surface area (Å²) in [5.74, 6) is 0. The van der Waals surface area contributed by atoms with Crippen LogP contribution in [-0.2, 0) is 11.2 Å². The molecule has 1 nitrogen and oxygen atoms in total. The first kappa shape index (κ1) is 10.1. The van der Waals surface area contributed by atoms with E-state index in [0.29, 0.717) is 0 Å². The molecule has 0 heterocycles. The number of hydrogen-bond donors (Lipinski definition) is 1. The molecule has 1 atom stereocenters. The number of benzene rings is 1. The van der Waals surface area contributed by atoms with Gasteiger partial charge in [0.15, 0.2) is 5.12 Å². The van der Waals surface area contributed by atoms with Gasteiger partial charge in [0.25, 0.3) is 0 Å². The Morgan fingerprint density at radius 1 is 1.42 bits per heavy atom. The van der Waals surface area contributed by atoms with E-state index < -0.39 is 0 Å². The maximum absolute atomic E-state index is 10.8. The van der Waals surface area contributed by atoms with E-state index in [4.69, 9.17) is 0 Å². The van der Waals surface area contributed by atoms with Crippen LogP contribution in [0, 0.1) is 0 Å². The van der Waals surface area contributed by atoms with Crippen molar-refractivity contribution >= 4 is 40.3 Å². The molecule has 1 aromatic carbocycles. The summed E-state index contributed by atoms with van der Waals surface area (Å²) in [7, 11) is 0. The van der Waals surface area contributed by atoms with E-state index in [1.54, 1.807) is 0 Å². The third-order valence-electron chi connectivity index (χ3n) is 1.53. The third kappa shape index (κ3) is 3.15. The largest absolute Gasteiger partial charge is 0.286 e. The van der Waals surface area contributed by atoms with Crippen LogP contribution in [0.25, 0.3) is 0 Å². The van der Waals surface area contributed by atoms with Crippen molar-refractivity contribution in [1.82, 2.24) is 0 Å². The molecule has 1 rings (SSSR count). The lowest BCUT2D eigenvalue weighted by Crippen LogP contribution is -2.10. The van der Waals surface area contributed by atoms with Gasteiger partial charge in [-0.3, -0.25) is 4.79 Å². The van der Waals surface area contributed by atoms with Crippen LogP contribution in [0.4, 0.5) is 0 Å². The molecule has 3 heteroatoms. The van der Waals surface area contributed by atoms with Crippen LogP contribution in [0.5, 0.6) is 0 Å². The molecule has 0 aliphatic carbocycles. The van der Waals surface area contributed by atoms with Crippen molar-refractivity contribution < 1.29 is 4.79 Å². The lowest BCUT2D eigenvalue weighted by atomic mass is 10.1. The van der Waals surface area contributed by atoms with Crippen LogP contribution in [-0.4, -0.2) is 9.04 Å². The average Bonchev–Trinajstić information content (AvgIpc) is 2.06. The van der Waals surface area contributed by atoms with Crippen molar-refractivity contribution in [3.8, 4) is 0 Å². The Hall–Kier alpha value is -0.0300. The van der Waals surface area contributed by atoms with E-state index in [-0.39, 0.29) is 9.04 Å². The zero-order chi connectivity index (χ0) is 8.97. The number of hydrogen-bond acceptors (Lipinski definition) is 1. The van der Waals surface area contributed by atoms with Crippen molar-refractivity contribution in [2.75, 3.05) is 0 Å². The van der Waals surface area contributed by atoms with Gasteiger partial charge in [0.05, 0.1) is 3.92 Å². The van der Waals surface area contributed by atoms with Crippen LogP contribution in [0.2, 0.25) is 0 Å². The molecule has 0 fully saturated rings. The summed E-state index contributed by atoms with van der Waals surface area (Å²) < 4.78 is -0.0201. The fraction of sp³-hybridized carbons (Fsp3) is 0.222. The van der Waals surface area contributed by atoms with Crippen LogP contribution < -0.4 is 0 Å². The summed E-state index contributed by atoms with van der Waals surface area (Å²) in [5, 5.41) is -0.0561. The van der Waals surface area contributed by atoms with Crippen molar-refractivity contribution in [3.05, 3.63) is 35.9 Å². The monoisotopic (exact) mass is 292 g/mol. The van der Waals surface area contributed by atoms with Gasteiger partial charge >= 0.3 is 0 Å². The highest BCUT2D eigenvalue weighted by molar-refractivity contribution is 14.1. The lowest BCUT2D eigenvalue weighted by Gasteiger charge is -2.03. The molecular formula is C9H9IOS. The Morgan fingerprint density at radius 3 is 2.50 bits per heavy atom. The number of thiol groups is 1. The van der Waals surface area contributed by atoms with E-state index >= 15 is 0 Å². The minimum Gasteiger partial charge on any atom is -0.286 e. The van der Waals surface area contributed by atoms with Gasteiger partial charge in [-0.15, -0.1) is 12.6 Å². The maximum Gasteiger partial charge on any atom is 0.199 e. The number of halogens is 1. The van der Waals surface area contributed by atoms with Crippen molar-refractivity contribution in [3.63, 3.8) is 0 Å². The second kappa shape index (κ2) is 4.87. The van der Waals surface area contributed by atoms with Gasteiger partial charge in [0.1, 0.15) is 0 Å². The molecule has 0 amide bonds. The molecule has 1 aromatic rings.